The number of nitrogens with zero attached hydrogens (tertiary/aromatic N) is 1. The van der Waals surface area contributed by atoms with Gasteiger partial charge in [0.05, 0.1) is 6.61 Å². The number of carbonyl (C=O) groups is 1. The molecule has 1 aromatic carbocycles. The second kappa shape index (κ2) is 11.3. The van der Waals surface area contributed by atoms with Crippen molar-refractivity contribution in [2.75, 3.05) is 33.8 Å². The number of carbonyl (C=O) groups excluding carboxylic acids is 1. The van der Waals surface area contributed by atoms with Crippen LogP contribution in [0.1, 0.15) is 19.3 Å². The third-order valence-corrected chi connectivity index (χ3v) is 2.96. The Morgan fingerprint density at radius 3 is 2.57 bits per heavy atom. The minimum atomic E-state index is -0.274. The van der Waals surface area contributed by atoms with Crippen molar-refractivity contribution < 1.29 is 13.9 Å². The molecular formula is C15H24ClFN2O2. The fourth-order valence-electron chi connectivity index (χ4n) is 1.75. The van der Waals surface area contributed by atoms with Crippen LogP contribution in [0.25, 0.3) is 0 Å². The lowest BCUT2D eigenvalue weighted by atomic mass is 10.2. The zero-order chi connectivity index (χ0) is 14.8. The predicted molar refractivity (Wildman–Crippen MR) is 84.6 cm³/mol. The Morgan fingerprint density at radius 1 is 1.29 bits per heavy atom. The van der Waals surface area contributed by atoms with Crippen molar-refractivity contribution in [2.24, 2.45) is 0 Å². The molecule has 1 amide bonds. The third-order valence-electron chi connectivity index (χ3n) is 2.96. The minimum Gasteiger partial charge on any atom is -0.494 e. The maximum atomic E-state index is 12.7. The van der Waals surface area contributed by atoms with E-state index in [1.807, 2.05) is 7.05 Å². The maximum absolute atomic E-state index is 12.7. The summed E-state index contributed by atoms with van der Waals surface area (Å²) in [5.41, 5.74) is 0. The summed E-state index contributed by atoms with van der Waals surface area (Å²) in [6.07, 6.45) is 2.17. The summed E-state index contributed by atoms with van der Waals surface area (Å²) in [5.74, 6) is 0.528. The first kappa shape index (κ1) is 19.7. The Balaban J connectivity index is 0.00000400. The zero-order valence-corrected chi connectivity index (χ0v) is 13.4. The Morgan fingerprint density at radius 2 is 1.95 bits per heavy atom. The molecule has 1 rings (SSSR count). The SMILES string of the molecule is CNCCCC(=O)N(C)CCCOc1ccc(F)cc1.Cl. The Hall–Kier alpha value is -1.33. The molecule has 6 heteroatoms. The topological polar surface area (TPSA) is 41.6 Å². The minimum absolute atomic E-state index is 0. The molecule has 21 heavy (non-hydrogen) atoms. The van der Waals surface area contributed by atoms with Crippen LogP contribution in [0.15, 0.2) is 24.3 Å². The van der Waals surface area contributed by atoms with Crippen LogP contribution >= 0.6 is 12.4 Å². The molecule has 0 aliphatic carbocycles. The van der Waals surface area contributed by atoms with E-state index < -0.39 is 0 Å². The standard InChI is InChI=1S/C15H23FN2O2.ClH/c1-17-10-3-5-15(19)18(2)11-4-12-20-14-8-6-13(16)7-9-14;/h6-9,17H,3-5,10-12H2,1-2H3;1H. The van der Waals surface area contributed by atoms with Crippen molar-refractivity contribution in [3.8, 4) is 5.75 Å². The molecule has 4 nitrogen and oxygen atoms in total. The highest BCUT2D eigenvalue weighted by atomic mass is 35.5. The Labute approximate surface area is 132 Å². The number of ether oxygens (including phenoxy) is 1. The van der Waals surface area contributed by atoms with E-state index in [-0.39, 0.29) is 24.1 Å². The Bertz CT molecular complexity index is 401. The predicted octanol–water partition coefficient (Wildman–Crippen LogP) is 2.47. The van der Waals surface area contributed by atoms with Crippen molar-refractivity contribution in [2.45, 2.75) is 19.3 Å². The number of hydrogen-bond donors (Lipinski definition) is 1. The number of benzene rings is 1. The summed E-state index contributed by atoms with van der Waals surface area (Å²) < 4.78 is 18.2. The van der Waals surface area contributed by atoms with Crippen LogP contribution in [0.2, 0.25) is 0 Å². The van der Waals surface area contributed by atoms with Gasteiger partial charge in [0.15, 0.2) is 0 Å². The molecule has 0 radical (unpaired) electrons. The molecule has 0 unspecified atom stereocenters. The molecule has 0 saturated heterocycles. The van der Waals surface area contributed by atoms with Gasteiger partial charge in [-0.2, -0.15) is 0 Å². The van der Waals surface area contributed by atoms with Crippen molar-refractivity contribution >= 4 is 18.3 Å². The van der Waals surface area contributed by atoms with Gasteiger partial charge in [-0.15, -0.1) is 12.4 Å². The monoisotopic (exact) mass is 318 g/mol. The molecule has 0 aliphatic rings. The molecule has 0 atom stereocenters. The van der Waals surface area contributed by atoms with Crippen LogP contribution in [-0.4, -0.2) is 44.6 Å². The summed E-state index contributed by atoms with van der Waals surface area (Å²) in [7, 11) is 3.68. The second-order valence-electron chi connectivity index (χ2n) is 4.68. The van der Waals surface area contributed by atoms with E-state index in [2.05, 4.69) is 5.32 Å². The van der Waals surface area contributed by atoms with Crippen molar-refractivity contribution in [1.29, 1.82) is 0 Å². The van der Waals surface area contributed by atoms with Gasteiger partial charge in [-0.1, -0.05) is 0 Å². The molecular weight excluding hydrogens is 295 g/mol. The molecule has 0 spiro atoms. The highest BCUT2D eigenvalue weighted by molar-refractivity contribution is 5.85. The third kappa shape index (κ3) is 8.52. The molecule has 1 N–H and O–H groups in total. The number of hydrogen-bond acceptors (Lipinski definition) is 3. The fraction of sp³-hybridized carbons (Fsp3) is 0.533. The van der Waals surface area contributed by atoms with Crippen molar-refractivity contribution in [3.63, 3.8) is 0 Å². The van der Waals surface area contributed by atoms with E-state index in [9.17, 15) is 9.18 Å². The first-order valence-corrected chi connectivity index (χ1v) is 6.90. The van der Waals surface area contributed by atoms with Crippen LogP contribution in [0, 0.1) is 5.82 Å². The van der Waals surface area contributed by atoms with Crippen LogP contribution < -0.4 is 10.1 Å². The van der Waals surface area contributed by atoms with Crippen molar-refractivity contribution in [3.05, 3.63) is 30.1 Å². The molecule has 0 heterocycles. The largest absolute Gasteiger partial charge is 0.494 e. The number of rotatable bonds is 9. The van der Waals surface area contributed by atoms with Gasteiger partial charge in [0.2, 0.25) is 5.91 Å². The van der Waals surface area contributed by atoms with Gasteiger partial charge in [-0.3, -0.25) is 4.79 Å². The summed E-state index contributed by atoms with van der Waals surface area (Å²) >= 11 is 0. The van der Waals surface area contributed by atoms with Crippen LogP contribution in [0.3, 0.4) is 0 Å². The molecule has 0 bridgehead atoms. The smallest absolute Gasteiger partial charge is 0.222 e. The van der Waals surface area contributed by atoms with E-state index in [0.717, 1.165) is 19.4 Å². The van der Waals surface area contributed by atoms with Crippen LogP contribution in [0.5, 0.6) is 5.75 Å². The van der Waals surface area contributed by atoms with Gasteiger partial charge in [-0.25, -0.2) is 4.39 Å². The summed E-state index contributed by atoms with van der Waals surface area (Å²) in [6, 6.07) is 5.93. The summed E-state index contributed by atoms with van der Waals surface area (Å²) in [6.45, 7) is 2.03. The number of amides is 1. The van der Waals surface area contributed by atoms with Crippen molar-refractivity contribution in [1.82, 2.24) is 10.2 Å². The van der Waals surface area contributed by atoms with E-state index in [1.54, 1.807) is 24.1 Å². The van der Waals surface area contributed by atoms with Gasteiger partial charge < -0.3 is 15.0 Å². The van der Waals surface area contributed by atoms with Crippen LogP contribution in [0.4, 0.5) is 4.39 Å². The van der Waals surface area contributed by atoms with Gasteiger partial charge in [-0.05, 0) is 50.7 Å². The maximum Gasteiger partial charge on any atom is 0.222 e. The lowest BCUT2D eigenvalue weighted by molar-refractivity contribution is -0.130. The average Bonchev–Trinajstić information content (AvgIpc) is 2.45. The number of nitrogens with one attached hydrogen (secondary N) is 1. The summed E-state index contributed by atoms with van der Waals surface area (Å²) in [4.78, 5) is 13.5. The fourth-order valence-corrected chi connectivity index (χ4v) is 1.75. The van der Waals surface area contributed by atoms with E-state index in [1.165, 1.54) is 12.1 Å². The molecule has 1 aromatic rings. The average molecular weight is 319 g/mol. The lowest BCUT2D eigenvalue weighted by Gasteiger charge is -2.17. The van der Waals surface area contributed by atoms with Gasteiger partial charge in [0, 0.05) is 20.0 Å². The van der Waals surface area contributed by atoms with E-state index >= 15 is 0 Å². The molecule has 0 saturated carbocycles. The quantitative estimate of drug-likeness (QED) is 0.711. The van der Waals surface area contributed by atoms with Gasteiger partial charge in [0.25, 0.3) is 0 Å². The normalized spacial score (nSPS) is 9.86. The second-order valence-corrected chi connectivity index (χ2v) is 4.68. The molecule has 0 aromatic heterocycles. The first-order chi connectivity index (χ1) is 9.63. The van der Waals surface area contributed by atoms with E-state index in [0.29, 0.717) is 25.3 Å². The first-order valence-electron chi connectivity index (χ1n) is 6.90. The van der Waals surface area contributed by atoms with E-state index in [4.69, 9.17) is 4.74 Å². The zero-order valence-electron chi connectivity index (χ0n) is 12.6. The molecule has 120 valence electrons. The molecule has 0 fully saturated rings. The highest BCUT2D eigenvalue weighted by Gasteiger charge is 2.07. The Kier molecular flexibility index (Phi) is 10.6. The molecule has 0 aliphatic heterocycles. The number of halogens is 2. The summed E-state index contributed by atoms with van der Waals surface area (Å²) in [5, 5.41) is 3.02. The lowest BCUT2D eigenvalue weighted by Crippen LogP contribution is -2.29. The van der Waals surface area contributed by atoms with Gasteiger partial charge >= 0.3 is 0 Å². The van der Waals surface area contributed by atoms with Crippen LogP contribution in [-0.2, 0) is 4.79 Å². The van der Waals surface area contributed by atoms with Gasteiger partial charge in [0.1, 0.15) is 11.6 Å². The highest BCUT2D eigenvalue weighted by Crippen LogP contribution is 2.11.